The first-order valence-electron chi connectivity index (χ1n) is 10.1. The zero-order valence-electron chi connectivity index (χ0n) is 15.6. The van der Waals surface area contributed by atoms with Gasteiger partial charge in [0, 0.05) is 0 Å². The average Bonchev–Trinajstić information content (AvgIpc) is 2.80. The van der Waals surface area contributed by atoms with E-state index in [9.17, 15) is 14.7 Å². The van der Waals surface area contributed by atoms with Gasteiger partial charge >= 0.3 is 0 Å². The van der Waals surface area contributed by atoms with Crippen LogP contribution in [0.5, 0.6) is 0 Å². The summed E-state index contributed by atoms with van der Waals surface area (Å²) in [6.07, 6.45) is 18.2. The Bertz CT molecular complexity index is 370. The van der Waals surface area contributed by atoms with E-state index in [2.05, 4.69) is 12.2 Å². The highest BCUT2D eigenvalue weighted by atomic mass is 16.3. The molecule has 1 rings (SSSR count). The van der Waals surface area contributed by atoms with Crippen molar-refractivity contribution < 1.29 is 14.7 Å². The lowest BCUT2D eigenvalue weighted by Gasteiger charge is -2.17. The predicted octanol–water partition coefficient (Wildman–Crippen LogP) is 4.64. The fourth-order valence-corrected chi connectivity index (χ4v) is 3.45. The smallest absolute Gasteiger partial charge is 0.259 e. The molecule has 0 saturated carbocycles. The quantitative estimate of drug-likeness (QED) is 0.337. The molecule has 24 heavy (non-hydrogen) atoms. The molecule has 0 bridgehead atoms. The topological polar surface area (TPSA) is 66.4 Å². The molecule has 1 fully saturated rings. The van der Waals surface area contributed by atoms with Gasteiger partial charge in [-0.05, 0) is 6.42 Å². The monoisotopic (exact) mass is 339 g/mol. The Morgan fingerprint density at radius 2 is 1.21 bits per heavy atom. The third kappa shape index (κ3) is 8.81. The van der Waals surface area contributed by atoms with Crippen molar-refractivity contribution in [2.75, 3.05) is 0 Å². The van der Waals surface area contributed by atoms with E-state index in [4.69, 9.17) is 0 Å². The Morgan fingerprint density at radius 1 is 0.792 bits per heavy atom. The van der Waals surface area contributed by atoms with Gasteiger partial charge in [0.2, 0.25) is 5.91 Å². The molecule has 0 radical (unpaired) electrons. The molecule has 2 amide bonds. The second-order valence-corrected chi connectivity index (χ2v) is 7.43. The van der Waals surface area contributed by atoms with Crippen LogP contribution in [0.15, 0.2) is 0 Å². The van der Waals surface area contributed by atoms with Crippen molar-refractivity contribution in [3.05, 3.63) is 0 Å². The van der Waals surface area contributed by atoms with Crippen LogP contribution in [0.3, 0.4) is 0 Å². The minimum atomic E-state index is -1.44. The SMILES string of the molecule is CCCCCCCCCCCCCCCCC1(O)CC(=O)NC1=O. The molecule has 1 atom stereocenters. The fraction of sp³-hybridized carbons (Fsp3) is 0.900. The molecule has 0 aromatic rings. The normalized spacial score (nSPS) is 20.6. The van der Waals surface area contributed by atoms with E-state index in [1.54, 1.807) is 0 Å². The zero-order chi connectivity index (χ0) is 17.7. The third-order valence-electron chi connectivity index (χ3n) is 5.07. The Balaban J connectivity index is 1.83. The van der Waals surface area contributed by atoms with Crippen LogP contribution in [-0.2, 0) is 9.59 Å². The highest BCUT2D eigenvalue weighted by Crippen LogP contribution is 2.24. The number of hydrogen-bond donors (Lipinski definition) is 2. The van der Waals surface area contributed by atoms with Crippen molar-refractivity contribution in [2.45, 2.75) is 115 Å². The molecule has 4 nitrogen and oxygen atoms in total. The first kappa shape index (κ1) is 21.1. The lowest BCUT2D eigenvalue weighted by Crippen LogP contribution is -2.37. The number of carbonyl (C=O) groups excluding carboxylic acids is 2. The van der Waals surface area contributed by atoms with Crippen LogP contribution >= 0.6 is 0 Å². The number of unbranched alkanes of at least 4 members (excludes halogenated alkanes) is 13. The number of carbonyl (C=O) groups is 2. The zero-order valence-corrected chi connectivity index (χ0v) is 15.6. The van der Waals surface area contributed by atoms with E-state index in [0.29, 0.717) is 6.42 Å². The molecule has 0 aliphatic carbocycles. The van der Waals surface area contributed by atoms with E-state index >= 15 is 0 Å². The van der Waals surface area contributed by atoms with Crippen LogP contribution in [0.2, 0.25) is 0 Å². The van der Waals surface area contributed by atoms with Crippen LogP contribution in [-0.4, -0.2) is 22.5 Å². The first-order chi connectivity index (χ1) is 11.6. The summed E-state index contributed by atoms with van der Waals surface area (Å²) >= 11 is 0. The van der Waals surface area contributed by atoms with Crippen LogP contribution < -0.4 is 5.32 Å². The first-order valence-corrected chi connectivity index (χ1v) is 10.1. The summed E-state index contributed by atoms with van der Waals surface area (Å²) in [6.45, 7) is 2.26. The van der Waals surface area contributed by atoms with Crippen molar-refractivity contribution in [3.8, 4) is 0 Å². The van der Waals surface area contributed by atoms with Gasteiger partial charge in [0.25, 0.3) is 5.91 Å². The molecule has 1 aliphatic rings. The maximum absolute atomic E-state index is 11.5. The second-order valence-electron chi connectivity index (χ2n) is 7.43. The number of amides is 2. The maximum Gasteiger partial charge on any atom is 0.259 e. The molecule has 4 heteroatoms. The van der Waals surface area contributed by atoms with Crippen molar-refractivity contribution in [2.24, 2.45) is 0 Å². The molecule has 0 spiro atoms. The van der Waals surface area contributed by atoms with Gasteiger partial charge in [-0.3, -0.25) is 14.9 Å². The standard InChI is InChI=1S/C20H37NO3/c1-2-3-4-5-6-7-8-9-10-11-12-13-14-15-16-20(24)17-18(22)21-19(20)23/h24H,2-17H2,1H3,(H,21,22,23). The van der Waals surface area contributed by atoms with Crippen LogP contribution in [0, 0.1) is 0 Å². The molecular formula is C20H37NO3. The summed E-state index contributed by atoms with van der Waals surface area (Å²) in [6, 6.07) is 0. The minimum Gasteiger partial charge on any atom is -0.379 e. The van der Waals surface area contributed by atoms with Crippen molar-refractivity contribution in [1.29, 1.82) is 0 Å². The lowest BCUT2D eigenvalue weighted by molar-refractivity contribution is -0.135. The van der Waals surface area contributed by atoms with Crippen LogP contribution in [0.4, 0.5) is 0 Å². The fourth-order valence-electron chi connectivity index (χ4n) is 3.45. The highest BCUT2D eigenvalue weighted by Gasteiger charge is 2.44. The van der Waals surface area contributed by atoms with E-state index < -0.39 is 11.5 Å². The van der Waals surface area contributed by atoms with Crippen molar-refractivity contribution in [1.82, 2.24) is 5.32 Å². The molecule has 1 unspecified atom stereocenters. The Morgan fingerprint density at radius 3 is 1.58 bits per heavy atom. The molecule has 1 heterocycles. The summed E-state index contributed by atoms with van der Waals surface area (Å²) in [5.41, 5.74) is -1.44. The molecule has 1 aliphatic heterocycles. The van der Waals surface area contributed by atoms with E-state index in [-0.39, 0.29) is 12.3 Å². The largest absolute Gasteiger partial charge is 0.379 e. The third-order valence-corrected chi connectivity index (χ3v) is 5.07. The number of aliphatic hydroxyl groups is 1. The lowest BCUT2D eigenvalue weighted by atomic mass is 9.94. The summed E-state index contributed by atoms with van der Waals surface area (Å²) in [5, 5.41) is 12.3. The van der Waals surface area contributed by atoms with Gasteiger partial charge < -0.3 is 5.11 Å². The van der Waals surface area contributed by atoms with Crippen molar-refractivity contribution >= 4 is 11.8 Å². The van der Waals surface area contributed by atoms with Gasteiger partial charge in [-0.25, -0.2) is 0 Å². The molecule has 140 valence electrons. The highest BCUT2D eigenvalue weighted by molar-refractivity contribution is 6.07. The Kier molecular flexibility index (Phi) is 11.0. The summed E-state index contributed by atoms with van der Waals surface area (Å²) in [4.78, 5) is 22.6. The van der Waals surface area contributed by atoms with Gasteiger partial charge in [-0.1, -0.05) is 96.8 Å². The molecule has 1 saturated heterocycles. The molecule has 2 N–H and O–H groups in total. The van der Waals surface area contributed by atoms with E-state index in [0.717, 1.165) is 19.3 Å². The van der Waals surface area contributed by atoms with Crippen LogP contribution in [0.25, 0.3) is 0 Å². The molecule has 0 aromatic heterocycles. The second kappa shape index (κ2) is 12.5. The van der Waals surface area contributed by atoms with Gasteiger partial charge in [0.05, 0.1) is 6.42 Å². The van der Waals surface area contributed by atoms with E-state index in [1.165, 1.54) is 70.6 Å². The number of hydrogen-bond acceptors (Lipinski definition) is 3. The van der Waals surface area contributed by atoms with Crippen LogP contribution in [0.1, 0.15) is 110 Å². The molecule has 0 aromatic carbocycles. The summed E-state index contributed by atoms with van der Waals surface area (Å²) in [7, 11) is 0. The number of imide groups is 1. The minimum absolute atomic E-state index is 0.0652. The number of nitrogens with one attached hydrogen (secondary N) is 1. The summed E-state index contributed by atoms with van der Waals surface area (Å²) in [5.74, 6) is -0.866. The average molecular weight is 340 g/mol. The van der Waals surface area contributed by atoms with Gasteiger partial charge in [0.15, 0.2) is 5.60 Å². The van der Waals surface area contributed by atoms with E-state index in [1.807, 2.05) is 0 Å². The van der Waals surface area contributed by atoms with Gasteiger partial charge in [0.1, 0.15) is 0 Å². The Hall–Kier alpha value is -0.900. The number of rotatable bonds is 15. The molecular weight excluding hydrogens is 302 g/mol. The van der Waals surface area contributed by atoms with Crippen molar-refractivity contribution in [3.63, 3.8) is 0 Å². The predicted molar refractivity (Wildman–Crippen MR) is 97.6 cm³/mol. The van der Waals surface area contributed by atoms with Gasteiger partial charge in [-0.15, -0.1) is 0 Å². The summed E-state index contributed by atoms with van der Waals surface area (Å²) < 4.78 is 0. The van der Waals surface area contributed by atoms with Gasteiger partial charge in [-0.2, -0.15) is 0 Å². The Labute approximate surface area is 147 Å². The maximum atomic E-state index is 11.5.